The van der Waals surface area contributed by atoms with Crippen LogP contribution in [0.25, 0.3) is 0 Å². The Morgan fingerprint density at radius 1 is 1.16 bits per heavy atom. The molecule has 1 aromatic carbocycles. The second-order valence-electron chi connectivity index (χ2n) is 7.98. The Morgan fingerprint density at radius 3 is 2.77 bits per heavy atom. The molecule has 0 aliphatic carbocycles. The van der Waals surface area contributed by atoms with E-state index in [-0.39, 0.29) is 30.0 Å². The summed E-state index contributed by atoms with van der Waals surface area (Å²) in [6.07, 6.45) is 2.18. The third-order valence-corrected chi connectivity index (χ3v) is 6.98. The van der Waals surface area contributed by atoms with Gasteiger partial charge in [-0.15, -0.1) is 35.3 Å². The Kier molecular flexibility index (Phi) is 10.0. The number of fused-ring (bicyclic) bond motifs is 1. The van der Waals surface area contributed by atoms with Crippen LogP contribution >= 0.6 is 35.3 Å². The molecule has 0 spiro atoms. The summed E-state index contributed by atoms with van der Waals surface area (Å²) in [5.74, 6) is 0.547. The third-order valence-electron chi connectivity index (χ3n) is 5.96. The number of nitrogens with two attached hydrogens (primary N) is 1. The second kappa shape index (κ2) is 12.7. The molecule has 1 saturated heterocycles. The first-order valence-electron chi connectivity index (χ1n) is 11.0. The summed E-state index contributed by atoms with van der Waals surface area (Å²) < 4.78 is 5.40. The standard InChI is InChI=1S/C23H33N5OS.HI/c24-23(25-9-4-10-27-12-14-29-15-13-27)26-17-21(19-5-2-1-3-6-19)28-11-7-22-20(18-28)8-16-30-22;/h1-3,5-6,8,16,21H,4,7,9-15,17-18H2,(H3,24,25,26);1H. The van der Waals surface area contributed by atoms with Crippen LogP contribution in [0.15, 0.2) is 46.8 Å². The van der Waals surface area contributed by atoms with Crippen LogP contribution in [0, 0.1) is 0 Å². The molecule has 6 nitrogen and oxygen atoms in total. The molecule has 1 fully saturated rings. The largest absolute Gasteiger partial charge is 0.379 e. The molecule has 170 valence electrons. The molecule has 0 radical (unpaired) electrons. The molecule has 2 aromatic rings. The fourth-order valence-corrected chi connectivity index (χ4v) is 5.12. The number of nitrogens with zero attached hydrogens (tertiary/aromatic N) is 3. The molecule has 2 aliphatic heterocycles. The smallest absolute Gasteiger partial charge is 0.188 e. The first-order chi connectivity index (χ1) is 14.8. The van der Waals surface area contributed by atoms with Crippen molar-refractivity contribution >= 4 is 41.3 Å². The predicted molar refractivity (Wildman–Crippen MR) is 139 cm³/mol. The first kappa shape index (κ1) is 24.4. The zero-order valence-electron chi connectivity index (χ0n) is 18.0. The number of aliphatic imine (C=N–C) groups is 1. The van der Waals surface area contributed by atoms with Crippen LogP contribution in [0.4, 0.5) is 0 Å². The Morgan fingerprint density at radius 2 is 1.97 bits per heavy atom. The fraction of sp³-hybridized carbons (Fsp3) is 0.522. The van der Waals surface area contributed by atoms with Crippen molar-refractivity contribution in [2.24, 2.45) is 10.7 Å². The van der Waals surface area contributed by atoms with Crippen LogP contribution in [-0.4, -0.2) is 68.2 Å². The van der Waals surface area contributed by atoms with Crippen molar-refractivity contribution in [3.63, 3.8) is 0 Å². The topological polar surface area (TPSA) is 66.1 Å². The summed E-state index contributed by atoms with van der Waals surface area (Å²) in [6.45, 7) is 8.41. The molecule has 3 heterocycles. The zero-order chi connectivity index (χ0) is 20.6. The van der Waals surface area contributed by atoms with Crippen LogP contribution in [0.1, 0.15) is 28.5 Å². The summed E-state index contributed by atoms with van der Waals surface area (Å²) in [7, 11) is 0. The number of thiophene rings is 1. The van der Waals surface area contributed by atoms with Crippen molar-refractivity contribution in [3.05, 3.63) is 57.8 Å². The minimum atomic E-state index is 0. The normalized spacial score (nSPS) is 18.8. The molecule has 0 bridgehead atoms. The predicted octanol–water partition coefficient (Wildman–Crippen LogP) is 3.09. The molecular formula is C23H34IN5OS. The molecule has 4 rings (SSSR count). The quantitative estimate of drug-likeness (QED) is 0.227. The number of nitrogens with one attached hydrogen (secondary N) is 1. The van der Waals surface area contributed by atoms with E-state index < -0.39 is 0 Å². The SMILES string of the molecule is I.NC(=NCC(c1ccccc1)N1CCc2sccc2C1)NCCCN1CCOCC1. The highest BCUT2D eigenvalue weighted by Crippen LogP contribution is 2.30. The van der Waals surface area contributed by atoms with Gasteiger partial charge in [-0.1, -0.05) is 30.3 Å². The monoisotopic (exact) mass is 555 g/mol. The Balaban J connectivity index is 0.00000272. The highest BCUT2D eigenvalue weighted by Gasteiger charge is 2.25. The van der Waals surface area contributed by atoms with Gasteiger partial charge < -0.3 is 15.8 Å². The van der Waals surface area contributed by atoms with Gasteiger partial charge in [0, 0.05) is 37.6 Å². The minimum Gasteiger partial charge on any atom is -0.379 e. The van der Waals surface area contributed by atoms with E-state index in [9.17, 15) is 0 Å². The highest BCUT2D eigenvalue weighted by molar-refractivity contribution is 14.0. The van der Waals surface area contributed by atoms with E-state index in [1.165, 1.54) is 16.0 Å². The summed E-state index contributed by atoms with van der Waals surface area (Å²) in [5.41, 5.74) is 8.97. The molecule has 2 aliphatic rings. The van der Waals surface area contributed by atoms with E-state index in [1.54, 1.807) is 0 Å². The van der Waals surface area contributed by atoms with E-state index in [0.717, 1.165) is 65.3 Å². The Labute approximate surface area is 206 Å². The van der Waals surface area contributed by atoms with E-state index in [4.69, 9.17) is 15.5 Å². The molecule has 3 N–H and O–H groups in total. The van der Waals surface area contributed by atoms with Gasteiger partial charge in [0.1, 0.15) is 0 Å². The van der Waals surface area contributed by atoms with Crippen LogP contribution < -0.4 is 11.1 Å². The zero-order valence-corrected chi connectivity index (χ0v) is 21.2. The average Bonchev–Trinajstić information content (AvgIpc) is 3.26. The lowest BCUT2D eigenvalue weighted by atomic mass is 10.0. The number of rotatable bonds is 8. The summed E-state index contributed by atoms with van der Waals surface area (Å²) in [5, 5.41) is 5.51. The Hall–Kier alpha value is -1.20. The second-order valence-corrected chi connectivity index (χ2v) is 8.98. The summed E-state index contributed by atoms with van der Waals surface area (Å²) in [6, 6.07) is 13.2. The number of guanidine groups is 1. The molecule has 1 unspecified atom stereocenters. The fourth-order valence-electron chi connectivity index (χ4n) is 4.23. The molecule has 0 saturated carbocycles. The van der Waals surface area contributed by atoms with Gasteiger partial charge in [-0.05, 0) is 42.0 Å². The number of hydrogen-bond donors (Lipinski definition) is 2. The van der Waals surface area contributed by atoms with Crippen LogP contribution in [0.2, 0.25) is 0 Å². The lowest BCUT2D eigenvalue weighted by Gasteiger charge is -2.34. The lowest BCUT2D eigenvalue weighted by molar-refractivity contribution is 0.0376. The van der Waals surface area contributed by atoms with E-state index >= 15 is 0 Å². The van der Waals surface area contributed by atoms with Crippen molar-refractivity contribution in [2.75, 3.05) is 52.5 Å². The number of morpholine rings is 1. The number of halogens is 1. The summed E-state index contributed by atoms with van der Waals surface area (Å²) >= 11 is 1.88. The molecule has 8 heteroatoms. The maximum Gasteiger partial charge on any atom is 0.188 e. The molecule has 0 amide bonds. The maximum atomic E-state index is 6.20. The molecule has 1 atom stereocenters. The summed E-state index contributed by atoms with van der Waals surface area (Å²) in [4.78, 5) is 11.2. The lowest BCUT2D eigenvalue weighted by Crippen LogP contribution is -2.39. The number of ether oxygens (including phenoxy) is 1. The van der Waals surface area contributed by atoms with Gasteiger partial charge >= 0.3 is 0 Å². The van der Waals surface area contributed by atoms with Crippen molar-refractivity contribution in [1.82, 2.24) is 15.1 Å². The van der Waals surface area contributed by atoms with E-state index in [2.05, 4.69) is 56.9 Å². The van der Waals surface area contributed by atoms with E-state index in [1.807, 2.05) is 11.3 Å². The van der Waals surface area contributed by atoms with Gasteiger partial charge in [0.25, 0.3) is 0 Å². The van der Waals surface area contributed by atoms with Crippen LogP contribution in [0.5, 0.6) is 0 Å². The first-order valence-corrected chi connectivity index (χ1v) is 11.9. The van der Waals surface area contributed by atoms with Crippen molar-refractivity contribution < 1.29 is 4.74 Å². The molecule has 31 heavy (non-hydrogen) atoms. The molecule has 1 aromatic heterocycles. The highest BCUT2D eigenvalue weighted by atomic mass is 127. The minimum absolute atomic E-state index is 0. The van der Waals surface area contributed by atoms with Crippen LogP contribution in [-0.2, 0) is 17.7 Å². The van der Waals surface area contributed by atoms with Gasteiger partial charge in [-0.25, -0.2) is 0 Å². The van der Waals surface area contributed by atoms with Gasteiger partial charge in [0.2, 0.25) is 0 Å². The van der Waals surface area contributed by atoms with Gasteiger partial charge in [-0.3, -0.25) is 14.8 Å². The average molecular weight is 556 g/mol. The number of benzene rings is 1. The van der Waals surface area contributed by atoms with Crippen molar-refractivity contribution in [2.45, 2.75) is 25.4 Å². The van der Waals surface area contributed by atoms with Gasteiger partial charge in [-0.2, -0.15) is 0 Å². The maximum absolute atomic E-state index is 6.20. The van der Waals surface area contributed by atoms with Crippen LogP contribution in [0.3, 0.4) is 0 Å². The molecular weight excluding hydrogens is 521 g/mol. The van der Waals surface area contributed by atoms with Crippen molar-refractivity contribution in [1.29, 1.82) is 0 Å². The van der Waals surface area contributed by atoms with E-state index in [0.29, 0.717) is 12.5 Å². The van der Waals surface area contributed by atoms with Gasteiger partial charge in [0.05, 0.1) is 25.8 Å². The van der Waals surface area contributed by atoms with Crippen molar-refractivity contribution in [3.8, 4) is 0 Å². The number of hydrogen-bond acceptors (Lipinski definition) is 5. The Bertz CT molecular complexity index is 809. The van der Waals surface area contributed by atoms with Gasteiger partial charge in [0.15, 0.2) is 5.96 Å². The third kappa shape index (κ3) is 7.15.